The first-order valence-electron chi connectivity index (χ1n) is 3.73. The zero-order valence-electron chi connectivity index (χ0n) is 6.66. The summed E-state index contributed by atoms with van der Waals surface area (Å²) < 4.78 is 0. The fraction of sp³-hybridized carbons (Fsp3) is 0.111. The summed E-state index contributed by atoms with van der Waals surface area (Å²) in [6.07, 6.45) is 0. The van der Waals surface area contributed by atoms with Crippen molar-refractivity contribution in [3.63, 3.8) is 0 Å². The van der Waals surface area contributed by atoms with Crippen LogP contribution in [-0.4, -0.2) is 9.97 Å². The number of hydrogen-bond donors (Lipinski definition) is 1. The molecule has 3 heteroatoms. The van der Waals surface area contributed by atoms with Gasteiger partial charge in [0.1, 0.15) is 0 Å². The molecule has 0 bridgehead atoms. The van der Waals surface area contributed by atoms with E-state index in [9.17, 15) is 4.79 Å². The van der Waals surface area contributed by atoms with E-state index in [2.05, 4.69) is 9.97 Å². The molecule has 0 unspecified atom stereocenters. The molecule has 12 heavy (non-hydrogen) atoms. The number of H-pyrrole nitrogens is 1. The molecule has 2 aromatic rings. The van der Waals surface area contributed by atoms with Crippen LogP contribution >= 0.6 is 0 Å². The van der Waals surface area contributed by atoms with E-state index in [1.807, 2.05) is 31.2 Å². The summed E-state index contributed by atoms with van der Waals surface area (Å²) in [6, 6.07) is 7.56. The average Bonchev–Trinajstić information content (AvgIpc) is 2.04. The number of nitrogens with one attached hydrogen (secondary N) is 1. The maximum atomic E-state index is 10.9. The Morgan fingerprint density at radius 2 is 2.08 bits per heavy atom. The number of aromatic amines is 1. The SMILES string of the molecule is Cc1[nH]c(=O)nc2ccccc12. The van der Waals surface area contributed by atoms with Crippen LogP contribution in [0.5, 0.6) is 0 Å². The minimum absolute atomic E-state index is 0.286. The lowest BCUT2D eigenvalue weighted by molar-refractivity contribution is 1.07. The summed E-state index contributed by atoms with van der Waals surface area (Å²) in [4.78, 5) is 17.4. The van der Waals surface area contributed by atoms with Gasteiger partial charge in [-0.15, -0.1) is 0 Å². The van der Waals surface area contributed by atoms with Crippen molar-refractivity contribution in [3.05, 3.63) is 40.4 Å². The van der Waals surface area contributed by atoms with E-state index >= 15 is 0 Å². The third-order valence-corrected chi connectivity index (χ3v) is 1.82. The van der Waals surface area contributed by atoms with Gasteiger partial charge in [0.2, 0.25) is 0 Å². The molecule has 0 radical (unpaired) electrons. The molecule has 0 saturated carbocycles. The summed E-state index contributed by atoms with van der Waals surface area (Å²) in [7, 11) is 0. The third-order valence-electron chi connectivity index (χ3n) is 1.82. The van der Waals surface area contributed by atoms with Crippen LogP contribution in [0.2, 0.25) is 0 Å². The Balaban J connectivity index is 2.99. The molecule has 0 atom stereocenters. The molecule has 0 saturated heterocycles. The van der Waals surface area contributed by atoms with Crippen LogP contribution in [0.25, 0.3) is 10.9 Å². The van der Waals surface area contributed by atoms with Crippen molar-refractivity contribution in [2.75, 3.05) is 0 Å². The Morgan fingerprint density at radius 1 is 1.33 bits per heavy atom. The number of rotatable bonds is 0. The minimum atomic E-state index is -0.286. The summed E-state index contributed by atoms with van der Waals surface area (Å²) in [5.74, 6) is 0. The highest BCUT2D eigenvalue weighted by Gasteiger charge is 1.97. The first-order chi connectivity index (χ1) is 5.77. The van der Waals surface area contributed by atoms with Crippen molar-refractivity contribution in [1.82, 2.24) is 9.97 Å². The van der Waals surface area contributed by atoms with Gasteiger partial charge in [-0.2, -0.15) is 4.98 Å². The predicted octanol–water partition coefficient (Wildman–Crippen LogP) is 1.23. The second-order valence-electron chi connectivity index (χ2n) is 2.68. The van der Waals surface area contributed by atoms with Gasteiger partial charge in [0.25, 0.3) is 0 Å². The number of benzene rings is 1. The summed E-state index contributed by atoms with van der Waals surface area (Å²) >= 11 is 0. The molecule has 0 aliphatic heterocycles. The number of hydrogen-bond acceptors (Lipinski definition) is 2. The topological polar surface area (TPSA) is 45.8 Å². The van der Waals surface area contributed by atoms with E-state index in [0.29, 0.717) is 0 Å². The van der Waals surface area contributed by atoms with Crippen molar-refractivity contribution >= 4 is 10.9 Å². The van der Waals surface area contributed by atoms with Gasteiger partial charge >= 0.3 is 5.69 Å². The normalized spacial score (nSPS) is 10.4. The third kappa shape index (κ3) is 0.993. The van der Waals surface area contributed by atoms with Gasteiger partial charge in [-0.25, -0.2) is 4.79 Å². The fourth-order valence-corrected chi connectivity index (χ4v) is 1.25. The molecule has 1 aromatic heterocycles. The van der Waals surface area contributed by atoms with E-state index in [1.54, 1.807) is 0 Å². The van der Waals surface area contributed by atoms with Gasteiger partial charge in [-0.1, -0.05) is 18.2 Å². The van der Waals surface area contributed by atoms with Gasteiger partial charge < -0.3 is 4.98 Å². The number of aryl methyl sites for hydroxylation is 1. The van der Waals surface area contributed by atoms with E-state index in [-0.39, 0.29) is 5.69 Å². The molecule has 0 spiro atoms. The van der Waals surface area contributed by atoms with Crippen molar-refractivity contribution in [3.8, 4) is 0 Å². The Hall–Kier alpha value is -1.64. The Kier molecular flexibility index (Phi) is 1.43. The Morgan fingerprint density at radius 3 is 2.92 bits per heavy atom. The molecule has 0 amide bonds. The molecule has 0 aliphatic rings. The van der Waals surface area contributed by atoms with Crippen molar-refractivity contribution in [1.29, 1.82) is 0 Å². The van der Waals surface area contributed by atoms with Crippen molar-refractivity contribution in [2.24, 2.45) is 0 Å². The van der Waals surface area contributed by atoms with E-state index < -0.39 is 0 Å². The molecule has 1 N–H and O–H groups in total. The number of para-hydroxylation sites is 1. The summed E-state index contributed by atoms with van der Waals surface area (Å²) in [6.45, 7) is 1.87. The summed E-state index contributed by atoms with van der Waals surface area (Å²) in [5.41, 5.74) is 1.33. The molecule has 0 fully saturated rings. The Bertz CT molecular complexity index is 473. The largest absolute Gasteiger partial charge is 0.345 e. The van der Waals surface area contributed by atoms with Gasteiger partial charge in [-0.3, -0.25) is 0 Å². The highest BCUT2D eigenvalue weighted by Crippen LogP contribution is 2.10. The van der Waals surface area contributed by atoms with Crippen LogP contribution < -0.4 is 5.69 Å². The molecule has 1 aromatic carbocycles. The lowest BCUT2D eigenvalue weighted by Crippen LogP contribution is -2.11. The van der Waals surface area contributed by atoms with E-state index in [4.69, 9.17) is 0 Å². The second kappa shape index (κ2) is 2.44. The van der Waals surface area contributed by atoms with E-state index in [0.717, 1.165) is 16.6 Å². The average molecular weight is 160 g/mol. The van der Waals surface area contributed by atoms with Crippen LogP contribution in [0, 0.1) is 6.92 Å². The van der Waals surface area contributed by atoms with Crippen molar-refractivity contribution in [2.45, 2.75) is 6.92 Å². The quantitative estimate of drug-likeness (QED) is 0.630. The molecular weight excluding hydrogens is 152 g/mol. The van der Waals surface area contributed by atoms with Gasteiger partial charge in [0, 0.05) is 11.1 Å². The van der Waals surface area contributed by atoms with Gasteiger partial charge in [-0.05, 0) is 13.0 Å². The number of aromatic nitrogens is 2. The highest BCUT2D eigenvalue weighted by atomic mass is 16.1. The molecular formula is C9H8N2O. The summed E-state index contributed by atoms with van der Waals surface area (Å²) in [5, 5.41) is 0.997. The first-order valence-corrected chi connectivity index (χ1v) is 3.73. The minimum Gasteiger partial charge on any atom is -0.309 e. The van der Waals surface area contributed by atoms with Crippen LogP contribution in [-0.2, 0) is 0 Å². The van der Waals surface area contributed by atoms with Crippen molar-refractivity contribution < 1.29 is 0 Å². The zero-order chi connectivity index (χ0) is 8.55. The van der Waals surface area contributed by atoms with E-state index in [1.165, 1.54) is 0 Å². The molecule has 2 rings (SSSR count). The maximum absolute atomic E-state index is 10.9. The predicted molar refractivity (Wildman–Crippen MR) is 47.1 cm³/mol. The standard InChI is InChI=1S/C9H8N2O/c1-6-7-4-2-3-5-8(7)11-9(12)10-6/h2-5H,1H3,(H,10,11,12). The van der Waals surface area contributed by atoms with Crippen LogP contribution in [0.4, 0.5) is 0 Å². The van der Waals surface area contributed by atoms with Crippen LogP contribution in [0.15, 0.2) is 29.1 Å². The maximum Gasteiger partial charge on any atom is 0.345 e. The van der Waals surface area contributed by atoms with Crippen LogP contribution in [0.3, 0.4) is 0 Å². The lowest BCUT2D eigenvalue weighted by atomic mass is 10.2. The van der Waals surface area contributed by atoms with Crippen LogP contribution in [0.1, 0.15) is 5.69 Å². The smallest absolute Gasteiger partial charge is 0.309 e. The molecule has 60 valence electrons. The number of nitrogens with zero attached hydrogens (tertiary/aromatic N) is 1. The highest BCUT2D eigenvalue weighted by molar-refractivity contribution is 5.80. The fourth-order valence-electron chi connectivity index (χ4n) is 1.25. The lowest BCUT2D eigenvalue weighted by Gasteiger charge is -1.97. The zero-order valence-corrected chi connectivity index (χ0v) is 6.66. The first kappa shape index (κ1) is 7.03. The Labute approximate surface area is 69.1 Å². The van der Waals surface area contributed by atoms with Gasteiger partial charge in [0.05, 0.1) is 5.52 Å². The molecule has 1 heterocycles. The second-order valence-corrected chi connectivity index (χ2v) is 2.68. The van der Waals surface area contributed by atoms with Gasteiger partial charge in [0.15, 0.2) is 0 Å². The molecule has 3 nitrogen and oxygen atoms in total. The molecule has 0 aliphatic carbocycles. The monoisotopic (exact) mass is 160 g/mol. The number of fused-ring (bicyclic) bond motifs is 1.